The van der Waals surface area contributed by atoms with Crippen LogP contribution in [0.25, 0.3) is 0 Å². The predicted octanol–water partition coefficient (Wildman–Crippen LogP) is -0.950. The molecule has 0 atom stereocenters. The third kappa shape index (κ3) is 3.50. The standard InChI is InChI=1S/C9H17N3O4S/c1-11-8-9(7-10-11)17(14,15)12(3-5-13)4-6-16-2/h7-8,13H,3-6H2,1-2H3. The highest BCUT2D eigenvalue weighted by Crippen LogP contribution is 2.13. The Morgan fingerprint density at radius 3 is 2.71 bits per heavy atom. The van der Waals surface area contributed by atoms with Gasteiger partial charge in [-0.15, -0.1) is 0 Å². The summed E-state index contributed by atoms with van der Waals surface area (Å²) in [5.41, 5.74) is 0. The normalized spacial score (nSPS) is 12.2. The summed E-state index contributed by atoms with van der Waals surface area (Å²) in [7, 11) is -0.467. The van der Waals surface area contributed by atoms with Crippen molar-refractivity contribution in [3.8, 4) is 0 Å². The monoisotopic (exact) mass is 263 g/mol. The lowest BCUT2D eigenvalue weighted by Gasteiger charge is -2.19. The second-order valence-corrected chi connectivity index (χ2v) is 5.41. The highest BCUT2D eigenvalue weighted by molar-refractivity contribution is 7.89. The van der Waals surface area contributed by atoms with Crippen molar-refractivity contribution in [2.24, 2.45) is 7.05 Å². The van der Waals surface area contributed by atoms with E-state index in [1.165, 1.54) is 28.5 Å². The van der Waals surface area contributed by atoms with Gasteiger partial charge in [-0.3, -0.25) is 4.68 Å². The Balaban J connectivity index is 2.91. The number of ether oxygens (including phenoxy) is 1. The van der Waals surface area contributed by atoms with E-state index in [0.717, 1.165) is 0 Å². The molecule has 0 radical (unpaired) electrons. The first kappa shape index (κ1) is 14.1. The third-order valence-electron chi connectivity index (χ3n) is 2.21. The molecule has 7 nitrogen and oxygen atoms in total. The molecule has 1 aromatic rings. The molecule has 1 aromatic heterocycles. The smallest absolute Gasteiger partial charge is 0.246 e. The first-order chi connectivity index (χ1) is 8.02. The molecular formula is C9H17N3O4S. The molecule has 0 aliphatic heterocycles. The van der Waals surface area contributed by atoms with Crippen LogP contribution in [0.5, 0.6) is 0 Å². The molecule has 8 heteroatoms. The highest BCUT2D eigenvalue weighted by Gasteiger charge is 2.24. The van der Waals surface area contributed by atoms with Crippen LogP contribution in [0, 0.1) is 0 Å². The molecule has 0 bridgehead atoms. The van der Waals surface area contributed by atoms with Gasteiger partial charge in [-0.1, -0.05) is 0 Å². The number of aliphatic hydroxyl groups is 1. The van der Waals surface area contributed by atoms with Crippen molar-refractivity contribution < 1.29 is 18.3 Å². The predicted molar refractivity (Wildman–Crippen MR) is 60.9 cm³/mol. The summed E-state index contributed by atoms with van der Waals surface area (Å²) in [4.78, 5) is 0.115. The number of hydrogen-bond acceptors (Lipinski definition) is 5. The second-order valence-electron chi connectivity index (χ2n) is 3.47. The number of hydrogen-bond donors (Lipinski definition) is 1. The van der Waals surface area contributed by atoms with E-state index in [2.05, 4.69) is 5.10 Å². The molecule has 0 aliphatic carbocycles. The molecular weight excluding hydrogens is 246 g/mol. The van der Waals surface area contributed by atoms with Crippen LogP contribution in [0.2, 0.25) is 0 Å². The second kappa shape index (κ2) is 6.10. The van der Waals surface area contributed by atoms with Crippen LogP contribution in [-0.2, 0) is 21.8 Å². The molecule has 0 amide bonds. The van der Waals surface area contributed by atoms with Crippen molar-refractivity contribution in [1.29, 1.82) is 0 Å². The van der Waals surface area contributed by atoms with Gasteiger partial charge in [0, 0.05) is 33.4 Å². The minimum absolute atomic E-state index is 0.0422. The van der Waals surface area contributed by atoms with E-state index in [9.17, 15) is 8.42 Å². The van der Waals surface area contributed by atoms with Crippen LogP contribution in [-0.4, -0.2) is 61.0 Å². The van der Waals surface area contributed by atoms with Crippen LogP contribution < -0.4 is 0 Å². The Hall–Kier alpha value is -0.960. The van der Waals surface area contributed by atoms with E-state index in [1.54, 1.807) is 7.05 Å². The molecule has 17 heavy (non-hydrogen) atoms. The number of nitrogens with zero attached hydrogens (tertiary/aromatic N) is 3. The fourth-order valence-electron chi connectivity index (χ4n) is 1.34. The number of aromatic nitrogens is 2. The molecule has 1 N–H and O–H groups in total. The summed E-state index contributed by atoms with van der Waals surface area (Å²) >= 11 is 0. The number of methoxy groups -OCH3 is 1. The van der Waals surface area contributed by atoms with Crippen molar-refractivity contribution in [2.75, 3.05) is 33.4 Å². The molecule has 0 saturated carbocycles. The lowest BCUT2D eigenvalue weighted by molar-refractivity contribution is 0.168. The van der Waals surface area contributed by atoms with E-state index in [-0.39, 0.29) is 31.2 Å². The number of aryl methyl sites for hydroxylation is 1. The zero-order valence-corrected chi connectivity index (χ0v) is 10.7. The Labute approximate surface area is 101 Å². The average Bonchev–Trinajstić information content (AvgIpc) is 2.71. The van der Waals surface area contributed by atoms with Gasteiger partial charge in [-0.25, -0.2) is 8.42 Å². The van der Waals surface area contributed by atoms with Gasteiger partial charge in [0.15, 0.2) is 0 Å². The third-order valence-corrected chi connectivity index (χ3v) is 4.06. The number of rotatable bonds is 7. The maximum Gasteiger partial charge on any atom is 0.246 e. The zero-order chi connectivity index (χ0) is 12.9. The van der Waals surface area contributed by atoms with E-state index < -0.39 is 10.0 Å². The molecule has 0 spiro atoms. The molecule has 0 unspecified atom stereocenters. The summed E-state index contributed by atoms with van der Waals surface area (Å²) in [6.45, 7) is 0.289. The SMILES string of the molecule is COCCN(CCO)S(=O)(=O)c1cnn(C)c1. The largest absolute Gasteiger partial charge is 0.395 e. The summed E-state index contributed by atoms with van der Waals surface area (Å²) in [5, 5.41) is 12.7. The van der Waals surface area contributed by atoms with E-state index >= 15 is 0 Å². The van der Waals surface area contributed by atoms with Crippen LogP contribution in [0.3, 0.4) is 0 Å². The lowest BCUT2D eigenvalue weighted by Crippen LogP contribution is -2.36. The van der Waals surface area contributed by atoms with Gasteiger partial charge in [-0.2, -0.15) is 9.40 Å². The quantitative estimate of drug-likeness (QED) is 0.685. The van der Waals surface area contributed by atoms with Crippen molar-refractivity contribution in [2.45, 2.75) is 4.90 Å². The van der Waals surface area contributed by atoms with E-state index in [4.69, 9.17) is 9.84 Å². The van der Waals surface area contributed by atoms with Gasteiger partial charge in [0.1, 0.15) is 4.90 Å². The van der Waals surface area contributed by atoms with Gasteiger partial charge >= 0.3 is 0 Å². The summed E-state index contributed by atoms with van der Waals surface area (Å²) in [6, 6.07) is 0. The summed E-state index contributed by atoms with van der Waals surface area (Å²) in [5.74, 6) is 0. The maximum absolute atomic E-state index is 12.1. The van der Waals surface area contributed by atoms with Crippen molar-refractivity contribution in [1.82, 2.24) is 14.1 Å². The van der Waals surface area contributed by atoms with E-state index in [1.807, 2.05) is 0 Å². The number of aliphatic hydroxyl groups excluding tert-OH is 1. The summed E-state index contributed by atoms with van der Waals surface area (Å²) < 4.78 is 31.7. The Bertz CT molecular complexity index is 443. The summed E-state index contributed by atoms with van der Waals surface area (Å²) in [6.07, 6.45) is 2.71. The first-order valence-electron chi connectivity index (χ1n) is 5.11. The van der Waals surface area contributed by atoms with Gasteiger partial charge in [0.2, 0.25) is 10.0 Å². The van der Waals surface area contributed by atoms with Crippen LogP contribution in [0.4, 0.5) is 0 Å². The average molecular weight is 263 g/mol. The zero-order valence-electron chi connectivity index (χ0n) is 9.90. The Kier molecular flexibility index (Phi) is 5.06. The highest BCUT2D eigenvalue weighted by atomic mass is 32.2. The maximum atomic E-state index is 12.1. The Morgan fingerprint density at radius 2 is 2.24 bits per heavy atom. The fourth-order valence-corrected chi connectivity index (χ4v) is 2.74. The Morgan fingerprint density at radius 1 is 1.53 bits per heavy atom. The minimum atomic E-state index is -3.60. The van der Waals surface area contributed by atoms with Crippen molar-refractivity contribution in [3.63, 3.8) is 0 Å². The molecule has 1 rings (SSSR count). The molecule has 0 saturated heterocycles. The fraction of sp³-hybridized carbons (Fsp3) is 0.667. The van der Waals surface area contributed by atoms with E-state index in [0.29, 0.717) is 0 Å². The van der Waals surface area contributed by atoms with Crippen LogP contribution >= 0.6 is 0 Å². The van der Waals surface area contributed by atoms with Crippen molar-refractivity contribution in [3.05, 3.63) is 12.4 Å². The topological polar surface area (TPSA) is 84.7 Å². The van der Waals surface area contributed by atoms with Crippen LogP contribution in [0.1, 0.15) is 0 Å². The number of sulfonamides is 1. The van der Waals surface area contributed by atoms with Gasteiger partial charge in [-0.05, 0) is 0 Å². The minimum Gasteiger partial charge on any atom is -0.395 e. The van der Waals surface area contributed by atoms with Crippen LogP contribution in [0.15, 0.2) is 17.3 Å². The van der Waals surface area contributed by atoms with Gasteiger partial charge < -0.3 is 9.84 Å². The molecule has 0 aromatic carbocycles. The van der Waals surface area contributed by atoms with Gasteiger partial charge in [0.25, 0.3) is 0 Å². The first-order valence-corrected chi connectivity index (χ1v) is 6.55. The van der Waals surface area contributed by atoms with Gasteiger partial charge in [0.05, 0.1) is 19.4 Å². The molecule has 98 valence electrons. The molecule has 0 aliphatic rings. The molecule has 1 heterocycles. The lowest BCUT2D eigenvalue weighted by atomic mass is 10.6. The van der Waals surface area contributed by atoms with Crippen molar-refractivity contribution >= 4 is 10.0 Å². The molecule has 0 fully saturated rings.